The topological polar surface area (TPSA) is 111 Å². The molecule has 0 amide bonds. The summed E-state index contributed by atoms with van der Waals surface area (Å²) in [7, 11) is -3.95. The number of ether oxygens (including phenoxy) is 2. The lowest BCUT2D eigenvalue weighted by Gasteiger charge is -2.23. The fourth-order valence-corrected chi connectivity index (χ4v) is 6.86. The van der Waals surface area contributed by atoms with Crippen LogP contribution in [0.1, 0.15) is 25.0 Å². The van der Waals surface area contributed by atoms with Crippen LogP contribution < -0.4 is 14.8 Å². The van der Waals surface area contributed by atoms with Gasteiger partial charge in [-0.15, -0.1) is 0 Å². The largest absolute Gasteiger partial charge is 0.454 e. The molecule has 4 aromatic rings. The van der Waals surface area contributed by atoms with Crippen molar-refractivity contribution in [3.05, 3.63) is 89.3 Å². The molecule has 0 radical (unpaired) electrons. The number of nitrogens with zero attached hydrogens (tertiary/aromatic N) is 3. The minimum atomic E-state index is -3.95. The highest BCUT2D eigenvalue weighted by Gasteiger charge is 2.39. The van der Waals surface area contributed by atoms with E-state index in [-0.39, 0.29) is 36.9 Å². The minimum Gasteiger partial charge on any atom is -0.454 e. The highest BCUT2D eigenvalue weighted by molar-refractivity contribution is 7.89. The van der Waals surface area contributed by atoms with E-state index < -0.39 is 21.9 Å². The number of anilines is 2. The van der Waals surface area contributed by atoms with Gasteiger partial charge in [0.2, 0.25) is 22.8 Å². The number of hydrogen-bond donors (Lipinski definition) is 1. The smallest absolute Gasteiger partial charge is 0.243 e. The Kier molecular flexibility index (Phi) is 7.80. The lowest BCUT2D eigenvalue weighted by Crippen LogP contribution is -2.40. The van der Waals surface area contributed by atoms with Crippen molar-refractivity contribution in [1.82, 2.24) is 14.3 Å². The van der Waals surface area contributed by atoms with Crippen LogP contribution in [0.15, 0.2) is 77.7 Å². The number of carbonyl (C=O) groups excluding carboxylic acids is 1. The summed E-state index contributed by atoms with van der Waals surface area (Å²) in [6, 6.07) is 18.3. The molecule has 2 aliphatic heterocycles. The molecule has 0 bridgehead atoms. The predicted octanol–water partition coefficient (Wildman–Crippen LogP) is 5.76. The Labute approximate surface area is 247 Å². The summed E-state index contributed by atoms with van der Waals surface area (Å²) in [4.78, 5) is 22.7. The zero-order valence-corrected chi connectivity index (χ0v) is 23.9. The SMILES string of the molecule is O=C(CCc1cc(-c2ccc3c(c2)OCO3)nc(Nc2ccc(Cl)cc2)n1)[C@@H]1CCCN1S(=O)(=O)c1ccc(F)cc1. The molecule has 3 aromatic carbocycles. The van der Waals surface area contributed by atoms with Crippen LogP contribution in [0.3, 0.4) is 0 Å². The molecule has 1 atom stereocenters. The molecular weight excluding hydrogens is 583 g/mol. The highest BCUT2D eigenvalue weighted by Crippen LogP contribution is 2.36. The van der Waals surface area contributed by atoms with Crippen molar-refractivity contribution in [3.8, 4) is 22.8 Å². The van der Waals surface area contributed by atoms with Crippen LogP contribution >= 0.6 is 11.6 Å². The van der Waals surface area contributed by atoms with Gasteiger partial charge >= 0.3 is 0 Å². The predicted molar refractivity (Wildman–Crippen MR) is 155 cm³/mol. The molecule has 1 aromatic heterocycles. The lowest BCUT2D eigenvalue weighted by atomic mass is 10.0. The number of fused-ring (bicyclic) bond motifs is 1. The van der Waals surface area contributed by atoms with Gasteiger partial charge in [0.25, 0.3) is 0 Å². The Morgan fingerprint density at radius 2 is 1.76 bits per heavy atom. The number of rotatable bonds is 9. The first-order valence-electron chi connectivity index (χ1n) is 13.4. The number of halogens is 2. The monoisotopic (exact) mass is 608 g/mol. The quantitative estimate of drug-likeness (QED) is 0.255. The fourth-order valence-electron chi connectivity index (χ4n) is 5.06. The first-order valence-corrected chi connectivity index (χ1v) is 15.2. The van der Waals surface area contributed by atoms with E-state index in [1.54, 1.807) is 30.3 Å². The van der Waals surface area contributed by atoms with E-state index in [0.29, 0.717) is 46.7 Å². The Balaban J connectivity index is 1.24. The number of nitrogens with one attached hydrogen (secondary N) is 1. The number of Topliss-reactive ketones (excluding diaryl/α,β-unsaturated/α-hetero) is 1. The summed E-state index contributed by atoms with van der Waals surface area (Å²) >= 11 is 6.03. The Hall–Kier alpha value is -4.06. The molecule has 0 spiro atoms. The first kappa shape index (κ1) is 28.1. The second kappa shape index (κ2) is 11.7. The average molecular weight is 609 g/mol. The normalized spacial score (nSPS) is 16.5. The second-order valence-electron chi connectivity index (χ2n) is 9.96. The molecule has 3 heterocycles. The van der Waals surface area contributed by atoms with Crippen LogP contribution in [-0.4, -0.2) is 47.9 Å². The van der Waals surface area contributed by atoms with Crippen LogP contribution in [0.4, 0.5) is 16.0 Å². The molecule has 1 N–H and O–H groups in total. The second-order valence-corrected chi connectivity index (χ2v) is 12.3. The van der Waals surface area contributed by atoms with Crippen LogP contribution in [0.2, 0.25) is 5.02 Å². The van der Waals surface area contributed by atoms with Gasteiger partial charge in [-0.25, -0.2) is 22.8 Å². The number of hydrogen-bond acceptors (Lipinski definition) is 8. The Bertz CT molecular complexity index is 1740. The van der Waals surface area contributed by atoms with Gasteiger partial charge < -0.3 is 14.8 Å². The summed E-state index contributed by atoms with van der Waals surface area (Å²) in [5.41, 5.74) is 2.73. The molecule has 0 saturated carbocycles. The number of aromatic nitrogens is 2. The van der Waals surface area contributed by atoms with E-state index in [0.717, 1.165) is 23.4 Å². The molecule has 2 aliphatic rings. The van der Waals surface area contributed by atoms with Gasteiger partial charge in [0.05, 0.1) is 16.6 Å². The van der Waals surface area contributed by atoms with Crippen molar-refractivity contribution in [1.29, 1.82) is 0 Å². The van der Waals surface area contributed by atoms with E-state index in [4.69, 9.17) is 21.1 Å². The van der Waals surface area contributed by atoms with E-state index in [9.17, 15) is 17.6 Å². The third kappa shape index (κ3) is 5.94. The van der Waals surface area contributed by atoms with Crippen LogP contribution in [0.25, 0.3) is 11.3 Å². The van der Waals surface area contributed by atoms with Crippen molar-refractivity contribution < 1.29 is 27.1 Å². The van der Waals surface area contributed by atoms with E-state index in [1.807, 2.05) is 18.2 Å². The van der Waals surface area contributed by atoms with Gasteiger partial charge in [-0.2, -0.15) is 4.31 Å². The van der Waals surface area contributed by atoms with Gasteiger partial charge in [0.15, 0.2) is 17.3 Å². The molecule has 0 aliphatic carbocycles. The van der Waals surface area contributed by atoms with Crippen LogP contribution in [0, 0.1) is 5.82 Å². The van der Waals surface area contributed by atoms with Crippen LogP contribution in [0.5, 0.6) is 11.5 Å². The van der Waals surface area contributed by atoms with E-state index in [1.165, 1.54) is 16.4 Å². The summed E-state index contributed by atoms with van der Waals surface area (Å²) in [5.74, 6) is 0.858. The molecule has 216 valence electrons. The van der Waals surface area contributed by atoms with Gasteiger partial charge in [-0.3, -0.25) is 4.79 Å². The molecule has 6 rings (SSSR count). The Morgan fingerprint density at radius 3 is 2.55 bits per heavy atom. The summed E-state index contributed by atoms with van der Waals surface area (Å²) in [5, 5.41) is 3.78. The van der Waals surface area contributed by atoms with Gasteiger partial charge in [0, 0.05) is 34.9 Å². The molecule has 0 unspecified atom stereocenters. The molecule has 9 nitrogen and oxygen atoms in total. The molecule has 1 fully saturated rings. The third-order valence-electron chi connectivity index (χ3n) is 7.17. The number of benzene rings is 3. The summed E-state index contributed by atoms with van der Waals surface area (Å²) in [6.45, 7) is 0.376. The summed E-state index contributed by atoms with van der Waals surface area (Å²) < 4.78 is 52.1. The average Bonchev–Trinajstić information content (AvgIpc) is 3.67. The fraction of sp³-hybridized carbons (Fsp3) is 0.233. The van der Waals surface area contributed by atoms with Gasteiger partial charge in [-0.05, 0) is 92.1 Å². The number of sulfonamides is 1. The van der Waals surface area contributed by atoms with Gasteiger partial charge in [-0.1, -0.05) is 11.6 Å². The minimum absolute atomic E-state index is 0.0364. The number of ketones is 1. The zero-order chi connectivity index (χ0) is 29.3. The van der Waals surface area contributed by atoms with Gasteiger partial charge in [0.1, 0.15) is 5.82 Å². The van der Waals surface area contributed by atoms with Crippen molar-refractivity contribution in [3.63, 3.8) is 0 Å². The van der Waals surface area contributed by atoms with Crippen LogP contribution in [-0.2, 0) is 21.2 Å². The molecule has 12 heteroatoms. The third-order valence-corrected chi connectivity index (χ3v) is 9.35. The zero-order valence-electron chi connectivity index (χ0n) is 22.3. The lowest BCUT2D eigenvalue weighted by molar-refractivity contribution is -0.122. The standard InChI is InChI=1S/C30H26ClFN4O5S/c31-20-4-8-22(9-5-20)33-30-34-23(17-25(35-30)19-3-14-28-29(16-19)41-18-40-28)10-13-27(37)26-2-1-15-36(26)42(38,39)24-11-6-21(32)7-12-24/h3-9,11-12,14,16-17,26H,1-2,10,13,15,18H2,(H,33,34,35)/t26-/m0/s1. The number of carbonyl (C=O) groups is 1. The first-order chi connectivity index (χ1) is 20.3. The maximum Gasteiger partial charge on any atom is 0.243 e. The summed E-state index contributed by atoms with van der Waals surface area (Å²) in [6.07, 6.45) is 1.34. The van der Waals surface area contributed by atoms with Crippen molar-refractivity contribution >= 4 is 39.0 Å². The molecular formula is C30H26ClFN4O5S. The highest BCUT2D eigenvalue weighted by atomic mass is 35.5. The van der Waals surface area contributed by atoms with Crippen molar-refractivity contribution in [2.75, 3.05) is 18.7 Å². The van der Waals surface area contributed by atoms with Crippen molar-refractivity contribution in [2.24, 2.45) is 0 Å². The number of aryl methyl sites for hydroxylation is 1. The van der Waals surface area contributed by atoms with Crippen molar-refractivity contribution in [2.45, 2.75) is 36.6 Å². The van der Waals surface area contributed by atoms with E-state index >= 15 is 0 Å². The maximum absolute atomic E-state index is 13.4. The van der Waals surface area contributed by atoms with E-state index in [2.05, 4.69) is 15.3 Å². The molecule has 42 heavy (non-hydrogen) atoms. The maximum atomic E-state index is 13.4. The Morgan fingerprint density at radius 1 is 1.00 bits per heavy atom. The molecule has 1 saturated heterocycles.